The molecular weight excluding hydrogens is 354 g/mol. The number of amides is 3. The third kappa shape index (κ3) is 3.63. The number of hydrogen-bond acceptors (Lipinski definition) is 3. The molecule has 2 aliphatic heterocycles. The molecule has 2 heterocycles. The quantitative estimate of drug-likeness (QED) is 0.890. The molecule has 6 heteroatoms. The standard InChI is InChI=1S/C22H23N3O3/c26-20-11-10-17(14-23-20)22(28)24-12-13-25(21(27)15-24)19-9-5-4-8-18(19)16-6-2-1-3-7-16/h1-9,17H,10-15H2,(H,23,26)/t17-/m1/s1. The first kappa shape index (κ1) is 18.2. The molecule has 3 amide bonds. The minimum atomic E-state index is -0.228. The fourth-order valence-corrected chi connectivity index (χ4v) is 3.89. The monoisotopic (exact) mass is 377 g/mol. The minimum absolute atomic E-state index is 0.0116. The number of anilines is 1. The van der Waals surface area contributed by atoms with E-state index < -0.39 is 0 Å². The fraction of sp³-hybridized carbons (Fsp3) is 0.318. The summed E-state index contributed by atoms with van der Waals surface area (Å²) in [6.07, 6.45) is 0.921. The lowest BCUT2D eigenvalue weighted by Crippen LogP contribution is -2.55. The van der Waals surface area contributed by atoms with Gasteiger partial charge in [-0.3, -0.25) is 14.4 Å². The summed E-state index contributed by atoms with van der Waals surface area (Å²) in [6.45, 7) is 1.40. The molecule has 2 saturated heterocycles. The number of nitrogens with one attached hydrogen (secondary N) is 1. The van der Waals surface area contributed by atoms with E-state index in [0.29, 0.717) is 32.5 Å². The molecule has 144 valence electrons. The van der Waals surface area contributed by atoms with Crippen LogP contribution < -0.4 is 10.2 Å². The van der Waals surface area contributed by atoms with Crippen LogP contribution in [0.3, 0.4) is 0 Å². The van der Waals surface area contributed by atoms with E-state index in [1.165, 1.54) is 0 Å². The molecule has 2 fully saturated rings. The van der Waals surface area contributed by atoms with Gasteiger partial charge >= 0.3 is 0 Å². The van der Waals surface area contributed by atoms with E-state index in [9.17, 15) is 14.4 Å². The van der Waals surface area contributed by atoms with Crippen LogP contribution in [0, 0.1) is 5.92 Å². The smallest absolute Gasteiger partial charge is 0.246 e. The van der Waals surface area contributed by atoms with Crippen molar-refractivity contribution in [2.24, 2.45) is 5.92 Å². The Kier molecular flexibility index (Phi) is 5.10. The molecule has 0 aliphatic carbocycles. The molecule has 2 aromatic carbocycles. The van der Waals surface area contributed by atoms with Gasteiger partial charge in [0.05, 0.1) is 11.6 Å². The zero-order valence-electron chi connectivity index (χ0n) is 15.6. The first-order valence-corrected chi connectivity index (χ1v) is 9.64. The van der Waals surface area contributed by atoms with Crippen molar-refractivity contribution in [1.82, 2.24) is 10.2 Å². The molecule has 4 rings (SSSR count). The number of piperazine rings is 1. The van der Waals surface area contributed by atoms with E-state index in [-0.39, 0.29) is 30.2 Å². The maximum atomic E-state index is 12.9. The highest BCUT2D eigenvalue weighted by atomic mass is 16.2. The van der Waals surface area contributed by atoms with Crippen LogP contribution in [0.25, 0.3) is 11.1 Å². The highest BCUT2D eigenvalue weighted by Gasteiger charge is 2.34. The van der Waals surface area contributed by atoms with Crippen molar-refractivity contribution in [3.8, 4) is 11.1 Å². The average Bonchev–Trinajstić information content (AvgIpc) is 2.74. The minimum Gasteiger partial charge on any atom is -0.355 e. The van der Waals surface area contributed by atoms with E-state index in [1.54, 1.807) is 9.80 Å². The second kappa shape index (κ2) is 7.84. The van der Waals surface area contributed by atoms with Gasteiger partial charge < -0.3 is 15.1 Å². The first-order valence-electron chi connectivity index (χ1n) is 9.64. The van der Waals surface area contributed by atoms with Gasteiger partial charge in [0.15, 0.2) is 0 Å². The summed E-state index contributed by atoms with van der Waals surface area (Å²) in [5.74, 6) is -0.358. The SMILES string of the molecule is O=C1CC[C@@H](C(=O)N2CCN(c3ccccc3-c3ccccc3)C(=O)C2)CN1. The maximum absolute atomic E-state index is 12.9. The second-order valence-corrected chi connectivity index (χ2v) is 7.23. The van der Waals surface area contributed by atoms with Crippen LogP contribution >= 0.6 is 0 Å². The van der Waals surface area contributed by atoms with Gasteiger partial charge in [-0.1, -0.05) is 48.5 Å². The highest BCUT2D eigenvalue weighted by Crippen LogP contribution is 2.31. The van der Waals surface area contributed by atoms with Crippen molar-refractivity contribution in [2.45, 2.75) is 12.8 Å². The van der Waals surface area contributed by atoms with Crippen LogP contribution in [0.2, 0.25) is 0 Å². The molecule has 0 bridgehead atoms. The molecular formula is C22H23N3O3. The van der Waals surface area contributed by atoms with E-state index in [0.717, 1.165) is 16.8 Å². The van der Waals surface area contributed by atoms with E-state index in [4.69, 9.17) is 0 Å². The Labute approximate surface area is 164 Å². The van der Waals surface area contributed by atoms with Gasteiger partial charge in [-0.25, -0.2) is 0 Å². The molecule has 6 nitrogen and oxygen atoms in total. The molecule has 2 aliphatic rings. The number of benzene rings is 2. The van der Waals surface area contributed by atoms with Gasteiger partial charge in [-0.05, 0) is 18.1 Å². The lowest BCUT2D eigenvalue weighted by atomic mass is 9.97. The van der Waals surface area contributed by atoms with Crippen molar-refractivity contribution in [1.29, 1.82) is 0 Å². The Morgan fingerprint density at radius 3 is 2.43 bits per heavy atom. The predicted octanol–water partition coefficient (Wildman–Crippen LogP) is 2.06. The Balaban J connectivity index is 1.49. The zero-order valence-corrected chi connectivity index (χ0v) is 15.6. The van der Waals surface area contributed by atoms with Crippen LogP contribution in [0.1, 0.15) is 12.8 Å². The van der Waals surface area contributed by atoms with Gasteiger partial charge in [-0.2, -0.15) is 0 Å². The Bertz CT molecular complexity index is 887. The summed E-state index contributed by atoms with van der Waals surface area (Å²) in [4.78, 5) is 40.3. The number of rotatable bonds is 3. The molecule has 0 saturated carbocycles. The second-order valence-electron chi connectivity index (χ2n) is 7.23. The molecule has 0 unspecified atom stereocenters. The summed E-state index contributed by atoms with van der Waals surface area (Å²) < 4.78 is 0. The van der Waals surface area contributed by atoms with Crippen molar-refractivity contribution in [3.63, 3.8) is 0 Å². The highest BCUT2D eigenvalue weighted by molar-refractivity contribution is 6.01. The molecule has 0 spiro atoms. The van der Waals surface area contributed by atoms with Crippen molar-refractivity contribution in [3.05, 3.63) is 54.6 Å². The number of piperidine rings is 1. The molecule has 1 atom stereocenters. The number of carbonyl (C=O) groups is 3. The molecule has 28 heavy (non-hydrogen) atoms. The van der Waals surface area contributed by atoms with Gasteiger partial charge in [0, 0.05) is 31.6 Å². The number of hydrogen-bond donors (Lipinski definition) is 1. The Morgan fingerprint density at radius 2 is 1.71 bits per heavy atom. The van der Waals surface area contributed by atoms with Crippen molar-refractivity contribution < 1.29 is 14.4 Å². The van der Waals surface area contributed by atoms with Gasteiger partial charge in [-0.15, -0.1) is 0 Å². The summed E-state index contributed by atoms with van der Waals surface area (Å²) in [5.41, 5.74) is 2.93. The van der Waals surface area contributed by atoms with Crippen LogP contribution in [-0.2, 0) is 14.4 Å². The molecule has 0 radical (unpaired) electrons. The summed E-state index contributed by atoms with van der Waals surface area (Å²) >= 11 is 0. The van der Waals surface area contributed by atoms with Crippen molar-refractivity contribution in [2.75, 3.05) is 31.1 Å². The average molecular weight is 377 g/mol. The topological polar surface area (TPSA) is 69.7 Å². The van der Waals surface area contributed by atoms with Crippen molar-refractivity contribution >= 4 is 23.4 Å². The van der Waals surface area contributed by atoms with E-state index in [2.05, 4.69) is 5.32 Å². The van der Waals surface area contributed by atoms with Crippen LogP contribution in [0.4, 0.5) is 5.69 Å². The lowest BCUT2D eigenvalue weighted by molar-refractivity contribution is -0.141. The Hall–Kier alpha value is -3.15. The maximum Gasteiger partial charge on any atom is 0.246 e. The number of para-hydroxylation sites is 1. The zero-order chi connectivity index (χ0) is 19.5. The molecule has 0 aromatic heterocycles. The first-order chi connectivity index (χ1) is 13.6. The van der Waals surface area contributed by atoms with Crippen LogP contribution in [0.5, 0.6) is 0 Å². The Morgan fingerprint density at radius 1 is 0.964 bits per heavy atom. The summed E-state index contributed by atoms with van der Waals surface area (Å²) in [6, 6.07) is 17.8. The van der Waals surface area contributed by atoms with Crippen LogP contribution in [0.15, 0.2) is 54.6 Å². The summed E-state index contributed by atoms with van der Waals surface area (Å²) in [7, 11) is 0. The van der Waals surface area contributed by atoms with Crippen LogP contribution in [-0.4, -0.2) is 48.8 Å². The van der Waals surface area contributed by atoms with E-state index in [1.807, 2.05) is 54.6 Å². The van der Waals surface area contributed by atoms with Gasteiger partial charge in [0.25, 0.3) is 0 Å². The third-order valence-electron chi connectivity index (χ3n) is 5.43. The third-order valence-corrected chi connectivity index (χ3v) is 5.43. The molecule has 2 aromatic rings. The normalized spacial score (nSPS) is 20.1. The lowest BCUT2D eigenvalue weighted by Gasteiger charge is -2.37. The van der Waals surface area contributed by atoms with E-state index >= 15 is 0 Å². The number of carbonyl (C=O) groups excluding carboxylic acids is 3. The number of nitrogens with zero attached hydrogens (tertiary/aromatic N) is 2. The van der Waals surface area contributed by atoms with Gasteiger partial charge in [0.1, 0.15) is 6.54 Å². The fourth-order valence-electron chi connectivity index (χ4n) is 3.89. The molecule has 1 N–H and O–H groups in total. The largest absolute Gasteiger partial charge is 0.355 e. The summed E-state index contributed by atoms with van der Waals surface area (Å²) in [5, 5.41) is 2.74. The predicted molar refractivity (Wildman–Crippen MR) is 107 cm³/mol. The van der Waals surface area contributed by atoms with Gasteiger partial charge in [0.2, 0.25) is 17.7 Å².